The van der Waals surface area contributed by atoms with Gasteiger partial charge in [0.1, 0.15) is 0 Å². The molecule has 1 aliphatic heterocycles. The van der Waals surface area contributed by atoms with Gasteiger partial charge in [0.2, 0.25) is 0 Å². The van der Waals surface area contributed by atoms with Gasteiger partial charge >= 0.3 is 5.97 Å². The fraction of sp³-hybridized carbons (Fsp3) is 0.533. The van der Waals surface area contributed by atoms with Crippen LogP contribution in [0.5, 0.6) is 0 Å². The van der Waals surface area contributed by atoms with Crippen molar-refractivity contribution in [2.45, 2.75) is 6.10 Å². The summed E-state index contributed by atoms with van der Waals surface area (Å²) in [7, 11) is 1.37. The fourth-order valence-corrected chi connectivity index (χ4v) is 2.47. The van der Waals surface area contributed by atoms with E-state index < -0.39 is 6.10 Å². The topological polar surface area (TPSA) is 73.2 Å². The van der Waals surface area contributed by atoms with Crippen LogP contribution in [0.3, 0.4) is 0 Å². The Labute approximate surface area is 124 Å². The van der Waals surface area contributed by atoms with Crippen molar-refractivity contribution in [2.24, 2.45) is 0 Å². The minimum Gasteiger partial charge on any atom is -0.465 e. The molecule has 0 amide bonds. The lowest BCUT2D eigenvalue weighted by Crippen LogP contribution is -2.49. The normalized spacial score (nSPS) is 17.6. The van der Waals surface area contributed by atoms with Gasteiger partial charge in [-0.25, -0.2) is 4.79 Å². The second-order valence-corrected chi connectivity index (χ2v) is 5.16. The predicted molar refractivity (Wildman–Crippen MR) is 79.5 cm³/mol. The lowest BCUT2D eigenvalue weighted by atomic mass is 10.1. The molecule has 6 nitrogen and oxygen atoms in total. The highest BCUT2D eigenvalue weighted by Crippen LogP contribution is 2.17. The van der Waals surface area contributed by atoms with Crippen LogP contribution >= 0.6 is 0 Å². The Bertz CT molecular complexity index is 455. The van der Waals surface area contributed by atoms with Gasteiger partial charge in [-0.2, -0.15) is 0 Å². The number of methoxy groups -OCH3 is 1. The minimum absolute atomic E-state index is 0.199. The quantitative estimate of drug-likeness (QED) is 0.742. The zero-order valence-electron chi connectivity index (χ0n) is 12.2. The molecule has 0 saturated carbocycles. The molecule has 0 bridgehead atoms. The lowest BCUT2D eigenvalue weighted by molar-refractivity contribution is 0.0575. The Morgan fingerprint density at radius 2 is 1.86 bits per heavy atom. The van der Waals surface area contributed by atoms with Crippen molar-refractivity contribution >= 4 is 11.7 Å². The Morgan fingerprint density at radius 3 is 2.38 bits per heavy atom. The average Bonchev–Trinajstić information content (AvgIpc) is 2.55. The molecule has 0 aliphatic carbocycles. The molecular formula is C15H22N2O4. The monoisotopic (exact) mass is 294 g/mol. The van der Waals surface area contributed by atoms with Gasteiger partial charge in [-0.1, -0.05) is 0 Å². The second kappa shape index (κ2) is 7.40. The van der Waals surface area contributed by atoms with E-state index in [2.05, 4.69) is 14.5 Å². The molecule has 1 fully saturated rings. The van der Waals surface area contributed by atoms with Gasteiger partial charge in [-0.15, -0.1) is 0 Å². The third-order valence-electron chi connectivity index (χ3n) is 3.71. The number of ether oxygens (including phenoxy) is 1. The summed E-state index contributed by atoms with van der Waals surface area (Å²) < 4.78 is 4.68. The molecule has 2 N–H and O–H groups in total. The van der Waals surface area contributed by atoms with Crippen LogP contribution in [0.4, 0.5) is 5.69 Å². The number of piperazine rings is 1. The van der Waals surface area contributed by atoms with Crippen molar-refractivity contribution in [3.63, 3.8) is 0 Å². The Balaban J connectivity index is 1.88. The maximum absolute atomic E-state index is 11.4. The summed E-state index contributed by atoms with van der Waals surface area (Å²) in [6, 6.07) is 7.38. The van der Waals surface area contributed by atoms with E-state index >= 15 is 0 Å². The zero-order valence-corrected chi connectivity index (χ0v) is 12.2. The number of aliphatic hydroxyl groups excluding tert-OH is 2. The molecule has 1 aliphatic rings. The molecule has 0 unspecified atom stereocenters. The molecule has 1 saturated heterocycles. The molecular weight excluding hydrogens is 272 g/mol. The lowest BCUT2D eigenvalue weighted by Gasteiger charge is -2.36. The molecule has 0 spiro atoms. The Hall–Kier alpha value is -1.63. The number of hydrogen-bond acceptors (Lipinski definition) is 6. The molecule has 1 atom stereocenters. The van der Waals surface area contributed by atoms with Crippen LogP contribution in [-0.2, 0) is 4.74 Å². The average molecular weight is 294 g/mol. The Kier molecular flexibility index (Phi) is 5.55. The number of carbonyl (C=O) groups excluding carboxylic acids is 1. The van der Waals surface area contributed by atoms with Crippen LogP contribution in [0.2, 0.25) is 0 Å². The fourth-order valence-electron chi connectivity index (χ4n) is 2.47. The molecule has 6 heteroatoms. The van der Waals surface area contributed by atoms with Crippen LogP contribution in [-0.4, -0.2) is 73.6 Å². The summed E-state index contributed by atoms with van der Waals surface area (Å²) >= 11 is 0. The van der Waals surface area contributed by atoms with E-state index in [1.807, 2.05) is 12.1 Å². The van der Waals surface area contributed by atoms with E-state index in [4.69, 9.17) is 5.11 Å². The maximum Gasteiger partial charge on any atom is 0.337 e. The standard InChI is InChI=1S/C15H22N2O4/c1-21-15(20)12-2-4-13(5-3-12)17-8-6-16(7-9-17)10-14(19)11-18/h2-5,14,18-19H,6-11H2,1H3/t14-/m0/s1. The molecule has 0 radical (unpaired) electrons. The third kappa shape index (κ3) is 4.17. The van der Waals surface area contributed by atoms with E-state index in [0.717, 1.165) is 31.9 Å². The number of esters is 1. The first-order chi connectivity index (χ1) is 10.1. The minimum atomic E-state index is -0.670. The van der Waals surface area contributed by atoms with Gasteiger partial charge in [0.25, 0.3) is 0 Å². The SMILES string of the molecule is COC(=O)c1ccc(N2CCN(C[C@H](O)CO)CC2)cc1. The van der Waals surface area contributed by atoms with Gasteiger partial charge in [-0.3, -0.25) is 4.90 Å². The zero-order chi connectivity index (χ0) is 15.2. The van der Waals surface area contributed by atoms with Gasteiger partial charge in [0.05, 0.1) is 25.4 Å². The molecule has 1 aromatic rings. The maximum atomic E-state index is 11.4. The summed E-state index contributed by atoms with van der Waals surface area (Å²) in [5, 5.41) is 18.3. The molecule has 1 heterocycles. The van der Waals surface area contributed by atoms with Gasteiger partial charge in [-0.05, 0) is 24.3 Å². The highest BCUT2D eigenvalue weighted by atomic mass is 16.5. The largest absolute Gasteiger partial charge is 0.465 e. The number of nitrogens with zero attached hydrogens (tertiary/aromatic N) is 2. The molecule has 1 aromatic carbocycles. The van der Waals surface area contributed by atoms with Crippen molar-refractivity contribution in [2.75, 3.05) is 51.3 Å². The van der Waals surface area contributed by atoms with Crippen LogP contribution in [0.15, 0.2) is 24.3 Å². The molecule has 21 heavy (non-hydrogen) atoms. The Morgan fingerprint density at radius 1 is 1.24 bits per heavy atom. The second-order valence-electron chi connectivity index (χ2n) is 5.16. The van der Waals surface area contributed by atoms with Gasteiger partial charge < -0.3 is 19.8 Å². The highest BCUT2D eigenvalue weighted by Gasteiger charge is 2.19. The first-order valence-corrected chi connectivity index (χ1v) is 7.08. The molecule has 2 rings (SSSR count). The number of rotatable bonds is 5. The van der Waals surface area contributed by atoms with E-state index in [0.29, 0.717) is 12.1 Å². The number of β-amino-alcohol motifs (C(OH)–C–C–N with tert-alkyl or cyclic N) is 1. The summed E-state index contributed by atoms with van der Waals surface area (Å²) in [6.45, 7) is 3.71. The number of carbonyl (C=O) groups is 1. The first-order valence-electron chi connectivity index (χ1n) is 7.08. The van der Waals surface area contributed by atoms with Gasteiger partial charge in [0.15, 0.2) is 0 Å². The van der Waals surface area contributed by atoms with Crippen LogP contribution in [0.1, 0.15) is 10.4 Å². The van der Waals surface area contributed by atoms with Crippen LogP contribution in [0, 0.1) is 0 Å². The third-order valence-corrected chi connectivity index (χ3v) is 3.71. The van der Waals surface area contributed by atoms with E-state index in [1.165, 1.54) is 7.11 Å². The first kappa shape index (κ1) is 15.8. The molecule has 116 valence electrons. The number of aliphatic hydroxyl groups is 2. The number of hydrogen-bond donors (Lipinski definition) is 2. The van der Waals surface area contributed by atoms with Crippen molar-refractivity contribution in [1.82, 2.24) is 4.90 Å². The number of benzene rings is 1. The summed E-state index contributed by atoms with van der Waals surface area (Å²) in [5.74, 6) is -0.329. The van der Waals surface area contributed by atoms with Crippen molar-refractivity contribution in [3.8, 4) is 0 Å². The number of anilines is 1. The smallest absolute Gasteiger partial charge is 0.337 e. The van der Waals surface area contributed by atoms with E-state index in [-0.39, 0.29) is 12.6 Å². The predicted octanol–water partition coefficient (Wildman–Crippen LogP) is -0.0516. The van der Waals surface area contributed by atoms with Crippen molar-refractivity contribution in [1.29, 1.82) is 0 Å². The van der Waals surface area contributed by atoms with Crippen molar-refractivity contribution in [3.05, 3.63) is 29.8 Å². The van der Waals surface area contributed by atoms with E-state index in [9.17, 15) is 9.90 Å². The summed E-state index contributed by atoms with van der Waals surface area (Å²) in [6.07, 6.45) is -0.670. The van der Waals surface area contributed by atoms with Crippen LogP contribution in [0.25, 0.3) is 0 Å². The summed E-state index contributed by atoms with van der Waals surface area (Å²) in [4.78, 5) is 15.8. The summed E-state index contributed by atoms with van der Waals surface area (Å²) in [5.41, 5.74) is 1.62. The van der Waals surface area contributed by atoms with Crippen LogP contribution < -0.4 is 4.90 Å². The van der Waals surface area contributed by atoms with E-state index in [1.54, 1.807) is 12.1 Å². The van der Waals surface area contributed by atoms with Gasteiger partial charge in [0, 0.05) is 38.4 Å². The molecule has 0 aromatic heterocycles. The van der Waals surface area contributed by atoms with Crippen molar-refractivity contribution < 1.29 is 19.7 Å². The highest BCUT2D eigenvalue weighted by molar-refractivity contribution is 5.89.